The van der Waals surface area contributed by atoms with Gasteiger partial charge in [-0.15, -0.1) is 0 Å². The first-order valence-electron chi connectivity index (χ1n) is 14.7. The zero-order valence-corrected chi connectivity index (χ0v) is 24.1. The summed E-state index contributed by atoms with van der Waals surface area (Å²) in [5.41, 5.74) is 2.67. The molecule has 4 atom stereocenters. The van der Waals surface area contributed by atoms with Gasteiger partial charge >= 0.3 is 0 Å². The van der Waals surface area contributed by atoms with Crippen molar-refractivity contribution in [3.05, 3.63) is 59.7 Å². The minimum Gasteiger partial charge on any atom is -0.387 e. The molecule has 0 amide bonds. The molecule has 0 saturated carbocycles. The van der Waals surface area contributed by atoms with Crippen LogP contribution in [0.15, 0.2) is 47.2 Å². The number of morpholine rings is 1. The molecule has 2 fully saturated rings. The number of nitrogens with zero attached hydrogens (tertiary/aromatic N) is 7. The third kappa shape index (κ3) is 6.34. The van der Waals surface area contributed by atoms with Crippen LogP contribution in [0.2, 0.25) is 0 Å². The molecule has 2 aliphatic heterocycles. The van der Waals surface area contributed by atoms with E-state index in [2.05, 4.69) is 20.4 Å². The van der Waals surface area contributed by atoms with Crippen LogP contribution < -0.4 is 10.2 Å². The number of nitrogens with one attached hydrogen (secondary N) is 1. The fraction of sp³-hybridized carbons (Fsp3) is 0.517. The van der Waals surface area contributed by atoms with Crippen LogP contribution in [0.4, 0.5) is 11.8 Å². The van der Waals surface area contributed by atoms with Gasteiger partial charge in [0, 0.05) is 38.8 Å². The number of aromatic nitrogens is 5. The van der Waals surface area contributed by atoms with Gasteiger partial charge in [-0.25, -0.2) is 4.98 Å². The molecule has 2 aliphatic rings. The van der Waals surface area contributed by atoms with E-state index in [4.69, 9.17) is 24.0 Å². The maximum Gasteiger partial charge on any atom is 0.226 e. The number of benzene rings is 1. The summed E-state index contributed by atoms with van der Waals surface area (Å²) >= 11 is 0. The predicted molar refractivity (Wildman–Crippen MR) is 156 cm³/mol. The first-order valence-corrected chi connectivity index (χ1v) is 14.7. The van der Waals surface area contributed by atoms with Crippen molar-refractivity contribution in [3.63, 3.8) is 0 Å². The largest absolute Gasteiger partial charge is 0.387 e. The van der Waals surface area contributed by atoms with Crippen molar-refractivity contribution >= 4 is 22.9 Å². The van der Waals surface area contributed by atoms with Crippen LogP contribution in [-0.2, 0) is 22.3 Å². The molecule has 1 aromatic carbocycles. The normalized spacial score (nSPS) is 22.8. The number of aliphatic hydroxyl groups is 3. The highest BCUT2D eigenvalue weighted by Crippen LogP contribution is 2.40. The Labute approximate surface area is 248 Å². The van der Waals surface area contributed by atoms with Gasteiger partial charge < -0.3 is 39.5 Å². The maximum absolute atomic E-state index is 11.1. The minimum atomic E-state index is -1.29. The van der Waals surface area contributed by atoms with Crippen LogP contribution >= 0.6 is 0 Å². The van der Waals surface area contributed by atoms with Crippen LogP contribution in [0.25, 0.3) is 11.2 Å². The van der Waals surface area contributed by atoms with Gasteiger partial charge in [0.1, 0.15) is 25.0 Å². The van der Waals surface area contributed by atoms with Crippen molar-refractivity contribution in [1.29, 1.82) is 0 Å². The van der Waals surface area contributed by atoms with E-state index in [0.717, 1.165) is 30.9 Å². The third-order valence-electron chi connectivity index (χ3n) is 7.93. The SMILES string of the molecule is CCc1cc([C@H]2O[C@@H](n3cnc4c(N(CO)CCc5ccccc5)nc(NCCN5CCOCC5)nc43)[C@H](O)[C@@H]2O)on1. The topological polar surface area (TPSA) is 167 Å². The lowest BCUT2D eigenvalue weighted by Gasteiger charge is -2.26. The summed E-state index contributed by atoms with van der Waals surface area (Å²) in [6.07, 6.45) is -1.62. The Bertz CT molecular complexity index is 1480. The number of fused-ring (bicyclic) bond motifs is 1. The van der Waals surface area contributed by atoms with E-state index in [1.807, 2.05) is 37.3 Å². The molecular weight excluding hydrogens is 556 g/mol. The van der Waals surface area contributed by atoms with E-state index in [0.29, 0.717) is 67.8 Å². The van der Waals surface area contributed by atoms with E-state index in [1.54, 1.807) is 15.5 Å². The highest BCUT2D eigenvalue weighted by molar-refractivity contribution is 5.85. The fourth-order valence-corrected chi connectivity index (χ4v) is 5.44. The second-order valence-electron chi connectivity index (χ2n) is 10.7. The second kappa shape index (κ2) is 13.3. The van der Waals surface area contributed by atoms with E-state index in [1.165, 1.54) is 6.33 Å². The summed E-state index contributed by atoms with van der Waals surface area (Å²) in [6, 6.07) is 11.7. The maximum atomic E-state index is 11.1. The highest BCUT2D eigenvalue weighted by Gasteiger charge is 2.47. The molecule has 230 valence electrons. The molecule has 0 spiro atoms. The Morgan fingerprint density at radius 3 is 2.65 bits per heavy atom. The van der Waals surface area contributed by atoms with Gasteiger partial charge in [0.25, 0.3) is 0 Å². The molecule has 4 aromatic rings. The first kappa shape index (κ1) is 29.4. The molecule has 2 saturated heterocycles. The van der Waals surface area contributed by atoms with E-state index in [-0.39, 0.29) is 6.73 Å². The molecule has 3 aromatic heterocycles. The molecule has 4 N–H and O–H groups in total. The summed E-state index contributed by atoms with van der Waals surface area (Å²) in [4.78, 5) is 18.1. The Hall–Kier alpha value is -3.66. The van der Waals surface area contributed by atoms with Gasteiger partial charge in [-0.2, -0.15) is 9.97 Å². The average Bonchev–Trinajstić information content (AvgIpc) is 3.76. The summed E-state index contributed by atoms with van der Waals surface area (Å²) in [5.74, 6) is 1.13. The monoisotopic (exact) mass is 594 g/mol. The third-order valence-corrected chi connectivity index (χ3v) is 7.93. The Balaban J connectivity index is 1.30. The Morgan fingerprint density at radius 1 is 1.09 bits per heavy atom. The van der Waals surface area contributed by atoms with E-state index in [9.17, 15) is 15.3 Å². The van der Waals surface area contributed by atoms with Crippen LogP contribution in [0.5, 0.6) is 0 Å². The van der Waals surface area contributed by atoms with Gasteiger partial charge in [0.15, 0.2) is 29.0 Å². The Kier molecular flexibility index (Phi) is 9.11. The van der Waals surface area contributed by atoms with Crippen LogP contribution in [-0.4, -0.2) is 110 Å². The zero-order valence-electron chi connectivity index (χ0n) is 24.1. The van der Waals surface area contributed by atoms with Crippen molar-refractivity contribution in [2.24, 2.45) is 0 Å². The van der Waals surface area contributed by atoms with Crippen molar-refractivity contribution in [1.82, 2.24) is 29.6 Å². The van der Waals surface area contributed by atoms with E-state index >= 15 is 0 Å². The zero-order chi connectivity index (χ0) is 29.8. The summed E-state index contributed by atoms with van der Waals surface area (Å²) < 4.78 is 18.6. The van der Waals surface area contributed by atoms with Crippen molar-refractivity contribution in [2.75, 3.05) is 62.9 Å². The van der Waals surface area contributed by atoms with Gasteiger partial charge in [0.2, 0.25) is 5.95 Å². The summed E-state index contributed by atoms with van der Waals surface area (Å²) in [5, 5.41) is 39.7. The number of hydrogen-bond acceptors (Lipinski definition) is 13. The van der Waals surface area contributed by atoms with Crippen molar-refractivity contribution in [2.45, 2.75) is 44.3 Å². The van der Waals surface area contributed by atoms with Crippen molar-refractivity contribution in [3.8, 4) is 0 Å². The molecule has 0 bridgehead atoms. The molecule has 0 aliphatic carbocycles. The number of ether oxygens (including phenoxy) is 2. The molecule has 0 unspecified atom stereocenters. The average molecular weight is 595 g/mol. The van der Waals surface area contributed by atoms with Gasteiger partial charge in [-0.3, -0.25) is 9.47 Å². The molecule has 5 heterocycles. The molecule has 0 radical (unpaired) electrons. The lowest BCUT2D eigenvalue weighted by atomic mass is 10.1. The molecule has 43 heavy (non-hydrogen) atoms. The molecule has 14 nitrogen and oxygen atoms in total. The fourth-order valence-electron chi connectivity index (χ4n) is 5.44. The molecule has 6 rings (SSSR count). The lowest BCUT2D eigenvalue weighted by molar-refractivity contribution is -0.0434. The standard InChI is InChI=1S/C29H38N8O6/c1-2-20-16-21(43-34-20)25-23(39)24(40)28(42-25)37-17-31-22-26(36(18-38)10-8-19-6-4-3-5-7-19)32-29(33-27(22)37)30-9-11-35-12-14-41-15-13-35/h3-7,16-17,23-25,28,38-40H,2,8-15,18H2,1H3,(H,30,32,33)/t23-,24+,25+,28+/m0/s1. The van der Waals surface area contributed by atoms with E-state index < -0.39 is 24.5 Å². The van der Waals surface area contributed by atoms with Gasteiger partial charge in [-0.1, -0.05) is 42.4 Å². The number of imidazole rings is 1. The van der Waals surface area contributed by atoms with Crippen LogP contribution in [0, 0.1) is 0 Å². The quantitative estimate of drug-likeness (QED) is 0.172. The number of hydrogen-bond donors (Lipinski definition) is 4. The molecule has 14 heteroatoms. The minimum absolute atomic E-state index is 0.284. The number of anilines is 2. The number of aryl methyl sites for hydroxylation is 1. The smallest absolute Gasteiger partial charge is 0.226 e. The Morgan fingerprint density at radius 2 is 1.91 bits per heavy atom. The summed E-state index contributed by atoms with van der Waals surface area (Å²) in [7, 11) is 0. The lowest BCUT2D eigenvalue weighted by Crippen LogP contribution is -2.39. The second-order valence-corrected chi connectivity index (χ2v) is 10.7. The van der Waals surface area contributed by atoms with Crippen LogP contribution in [0.3, 0.4) is 0 Å². The summed E-state index contributed by atoms with van der Waals surface area (Å²) in [6.45, 7) is 6.68. The van der Waals surface area contributed by atoms with Gasteiger partial charge in [0.05, 0.1) is 25.2 Å². The number of aliphatic hydroxyl groups excluding tert-OH is 3. The first-order chi connectivity index (χ1) is 21.1. The number of rotatable bonds is 12. The molecular formula is C29H38N8O6. The predicted octanol–water partition coefficient (Wildman–Crippen LogP) is 1.11. The van der Waals surface area contributed by atoms with Crippen molar-refractivity contribution < 1.29 is 29.3 Å². The van der Waals surface area contributed by atoms with Crippen LogP contribution in [0.1, 0.15) is 36.3 Å². The van der Waals surface area contributed by atoms with Gasteiger partial charge in [-0.05, 0) is 18.4 Å². The highest BCUT2D eigenvalue weighted by atomic mass is 16.6.